The number of aromatic amines is 1. The van der Waals surface area contributed by atoms with Gasteiger partial charge in [0.1, 0.15) is 0 Å². The molecule has 2 heterocycles. The summed E-state index contributed by atoms with van der Waals surface area (Å²) in [6.07, 6.45) is 3.44. The van der Waals surface area contributed by atoms with E-state index >= 15 is 0 Å². The van der Waals surface area contributed by atoms with Gasteiger partial charge in [-0.3, -0.25) is 5.10 Å². The molecule has 0 unspecified atom stereocenters. The van der Waals surface area contributed by atoms with E-state index in [4.69, 9.17) is 4.74 Å². The SMILES string of the molecule is CCOc1ncccc1NCc1ccn[nH]1. The van der Waals surface area contributed by atoms with Gasteiger partial charge in [-0.1, -0.05) is 0 Å². The van der Waals surface area contributed by atoms with Crippen molar-refractivity contribution in [2.75, 3.05) is 11.9 Å². The third-order valence-corrected chi connectivity index (χ3v) is 2.08. The largest absolute Gasteiger partial charge is 0.476 e. The maximum atomic E-state index is 5.41. The van der Waals surface area contributed by atoms with Crippen molar-refractivity contribution >= 4 is 5.69 Å². The molecule has 0 atom stereocenters. The summed E-state index contributed by atoms with van der Waals surface area (Å²) in [7, 11) is 0. The van der Waals surface area contributed by atoms with Gasteiger partial charge in [-0.2, -0.15) is 5.10 Å². The molecule has 16 heavy (non-hydrogen) atoms. The lowest BCUT2D eigenvalue weighted by atomic mass is 10.3. The number of pyridine rings is 1. The van der Waals surface area contributed by atoms with Gasteiger partial charge < -0.3 is 10.1 Å². The predicted octanol–water partition coefficient (Wildman–Crippen LogP) is 1.82. The Morgan fingerprint density at radius 3 is 3.06 bits per heavy atom. The standard InChI is InChI=1S/C11H14N4O/c1-2-16-11-10(4-3-6-12-11)13-8-9-5-7-14-15-9/h3-7,13H,2,8H2,1H3,(H,14,15). The normalized spacial score (nSPS) is 10.1. The molecule has 0 spiro atoms. The van der Waals surface area contributed by atoms with Crippen LogP contribution in [-0.2, 0) is 6.54 Å². The number of aromatic nitrogens is 3. The molecule has 0 aliphatic rings. The van der Waals surface area contributed by atoms with Crippen molar-refractivity contribution in [2.45, 2.75) is 13.5 Å². The maximum absolute atomic E-state index is 5.41. The zero-order chi connectivity index (χ0) is 11.2. The molecular formula is C11H14N4O. The average molecular weight is 218 g/mol. The summed E-state index contributed by atoms with van der Waals surface area (Å²) in [5.74, 6) is 0.629. The zero-order valence-electron chi connectivity index (χ0n) is 9.10. The van der Waals surface area contributed by atoms with E-state index < -0.39 is 0 Å². The molecule has 2 aromatic rings. The van der Waals surface area contributed by atoms with Crippen LogP contribution in [0.2, 0.25) is 0 Å². The fourth-order valence-electron chi connectivity index (χ4n) is 1.35. The number of anilines is 1. The minimum Gasteiger partial charge on any atom is -0.476 e. The number of hydrogen-bond acceptors (Lipinski definition) is 4. The van der Waals surface area contributed by atoms with Crippen LogP contribution in [0.25, 0.3) is 0 Å². The summed E-state index contributed by atoms with van der Waals surface area (Å²) in [6, 6.07) is 5.73. The first-order chi connectivity index (χ1) is 7.90. The number of ether oxygens (including phenoxy) is 1. The summed E-state index contributed by atoms with van der Waals surface area (Å²) in [5.41, 5.74) is 1.91. The smallest absolute Gasteiger partial charge is 0.237 e. The Hall–Kier alpha value is -2.04. The predicted molar refractivity (Wildman–Crippen MR) is 61.3 cm³/mol. The van der Waals surface area contributed by atoms with Gasteiger partial charge in [-0.15, -0.1) is 0 Å². The summed E-state index contributed by atoms with van der Waals surface area (Å²) in [5, 5.41) is 10.0. The van der Waals surface area contributed by atoms with Crippen molar-refractivity contribution in [3.05, 3.63) is 36.3 Å². The number of rotatable bonds is 5. The minimum atomic E-state index is 0.607. The van der Waals surface area contributed by atoms with Crippen molar-refractivity contribution in [2.24, 2.45) is 0 Å². The van der Waals surface area contributed by atoms with Crippen LogP contribution in [0.1, 0.15) is 12.6 Å². The Labute approximate surface area is 93.9 Å². The lowest BCUT2D eigenvalue weighted by Gasteiger charge is -2.09. The molecule has 0 amide bonds. The summed E-state index contributed by atoms with van der Waals surface area (Å²) in [4.78, 5) is 4.16. The first-order valence-electron chi connectivity index (χ1n) is 5.20. The fraction of sp³-hybridized carbons (Fsp3) is 0.273. The van der Waals surface area contributed by atoms with Crippen LogP contribution < -0.4 is 10.1 Å². The van der Waals surface area contributed by atoms with E-state index in [1.807, 2.05) is 25.1 Å². The highest BCUT2D eigenvalue weighted by Gasteiger charge is 2.03. The summed E-state index contributed by atoms with van der Waals surface area (Å²) < 4.78 is 5.41. The van der Waals surface area contributed by atoms with Crippen molar-refractivity contribution in [3.63, 3.8) is 0 Å². The number of nitrogens with one attached hydrogen (secondary N) is 2. The quantitative estimate of drug-likeness (QED) is 0.803. The molecule has 5 heteroatoms. The lowest BCUT2D eigenvalue weighted by molar-refractivity contribution is 0.328. The van der Waals surface area contributed by atoms with Crippen LogP contribution in [0.15, 0.2) is 30.6 Å². The molecule has 0 bridgehead atoms. The van der Waals surface area contributed by atoms with Crippen LogP contribution in [0.5, 0.6) is 5.88 Å². The molecule has 2 N–H and O–H groups in total. The number of nitrogens with zero attached hydrogens (tertiary/aromatic N) is 2. The van der Waals surface area contributed by atoms with Crippen LogP contribution >= 0.6 is 0 Å². The van der Waals surface area contributed by atoms with Crippen LogP contribution in [0.4, 0.5) is 5.69 Å². The Morgan fingerprint density at radius 1 is 1.38 bits per heavy atom. The van der Waals surface area contributed by atoms with Gasteiger partial charge in [0, 0.05) is 12.4 Å². The third-order valence-electron chi connectivity index (χ3n) is 2.08. The highest BCUT2D eigenvalue weighted by molar-refractivity contribution is 5.52. The van der Waals surface area contributed by atoms with Crippen molar-refractivity contribution in [3.8, 4) is 5.88 Å². The van der Waals surface area contributed by atoms with Gasteiger partial charge in [-0.05, 0) is 25.1 Å². The van der Waals surface area contributed by atoms with Crippen molar-refractivity contribution < 1.29 is 4.74 Å². The van der Waals surface area contributed by atoms with Crippen LogP contribution in [0, 0.1) is 0 Å². The monoisotopic (exact) mass is 218 g/mol. The van der Waals surface area contributed by atoms with E-state index in [0.29, 0.717) is 19.0 Å². The fourth-order valence-corrected chi connectivity index (χ4v) is 1.35. The Kier molecular flexibility index (Phi) is 3.38. The molecule has 0 aliphatic heterocycles. The number of hydrogen-bond donors (Lipinski definition) is 2. The van der Waals surface area contributed by atoms with E-state index in [9.17, 15) is 0 Å². The second-order valence-electron chi connectivity index (χ2n) is 3.22. The van der Waals surface area contributed by atoms with Crippen molar-refractivity contribution in [1.29, 1.82) is 0 Å². The van der Waals surface area contributed by atoms with E-state index in [2.05, 4.69) is 20.5 Å². The van der Waals surface area contributed by atoms with Gasteiger partial charge in [0.15, 0.2) is 0 Å². The first-order valence-corrected chi connectivity index (χ1v) is 5.20. The zero-order valence-corrected chi connectivity index (χ0v) is 9.10. The van der Waals surface area contributed by atoms with Gasteiger partial charge >= 0.3 is 0 Å². The Bertz CT molecular complexity index is 427. The Morgan fingerprint density at radius 2 is 2.31 bits per heavy atom. The van der Waals surface area contributed by atoms with E-state index in [0.717, 1.165) is 11.4 Å². The highest BCUT2D eigenvalue weighted by Crippen LogP contribution is 2.20. The molecule has 2 rings (SSSR count). The number of H-pyrrole nitrogens is 1. The van der Waals surface area contributed by atoms with Crippen LogP contribution in [0.3, 0.4) is 0 Å². The molecule has 0 radical (unpaired) electrons. The molecule has 0 saturated heterocycles. The van der Waals surface area contributed by atoms with Gasteiger partial charge in [0.2, 0.25) is 5.88 Å². The maximum Gasteiger partial charge on any atom is 0.237 e. The Balaban J connectivity index is 2.03. The lowest BCUT2D eigenvalue weighted by Crippen LogP contribution is -2.04. The van der Waals surface area contributed by atoms with Crippen molar-refractivity contribution in [1.82, 2.24) is 15.2 Å². The first kappa shape index (κ1) is 10.5. The minimum absolute atomic E-state index is 0.607. The second-order valence-corrected chi connectivity index (χ2v) is 3.22. The van der Waals surface area contributed by atoms with Crippen LogP contribution in [-0.4, -0.2) is 21.8 Å². The van der Waals surface area contributed by atoms with Gasteiger partial charge in [0.25, 0.3) is 0 Å². The van der Waals surface area contributed by atoms with E-state index in [1.54, 1.807) is 12.4 Å². The summed E-state index contributed by atoms with van der Waals surface area (Å²) >= 11 is 0. The molecule has 0 saturated carbocycles. The molecule has 84 valence electrons. The van der Waals surface area contributed by atoms with Gasteiger partial charge in [-0.25, -0.2) is 4.98 Å². The molecule has 2 aromatic heterocycles. The van der Waals surface area contributed by atoms with Gasteiger partial charge in [0.05, 0.1) is 24.5 Å². The van der Waals surface area contributed by atoms with E-state index in [-0.39, 0.29) is 0 Å². The second kappa shape index (κ2) is 5.16. The highest BCUT2D eigenvalue weighted by atomic mass is 16.5. The molecule has 5 nitrogen and oxygen atoms in total. The topological polar surface area (TPSA) is 62.8 Å². The molecule has 0 aromatic carbocycles. The molecular weight excluding hydrogens is 204 g/mol. The molecule has 0 aliphatic carbocycles. The molecule has 0 fully saturated rings. The average Bonchev–Trinajstić information content (AvgIpc) is 2.81. The summed E-state index contributed by atoms with van der Waals surface area (Å²) in [6.45, 7) is 3.22. The van der Waals surface area contributed by atoms with E-state index in [1.165, 1.54) is 0 Å². The third kappa shape index (κ3) is 2.50.